The third-order valence-electron chi connectivity index (χ3n) is 3.93. The zero-order chi connectivity index (χ0) is 14.8. The summed E-state index contributed by atoms with van der Waals surface area (Å²) in [6.45, 7) is 5.48. The molecule has 0 atom stereocenters. The number of pyridine rings is 1. The molecule has 0 saturated carbocycles. The molecular formula is C14H19N3O2S. The lowest BCUT2D eigenvalue weighted by molar-refractivity contribution is 0.226. The molecule has 0 radical (unpaired) electrons. The Morgan fingerprint density at radius 2 is 2.00 bits per heavy atom. The van der Waals surface area contributed by atoms with Gasteiger partial charge in [-0.3, -0.25) is 0 Å². The standard InChI is InChI=1S/C14H19N3O2S/c1-11(2)12-5-7-17(8-6-12)20(18,19)14-4-3-13(9-15)16-10-14/h3-4,10-12H,5-8H2,1-2H3. The third kappa shape index (κ3) is 3.00. The van der Waals surface area contributed by atoms with E-state index in [1.54, 1.807) is 0 Å². The first-order valence-corrected chi connectivity index (χ1v) is 8.25. The molecule has 1 fully saturated rings. The van der Waals surface area contributed by atoms with Crippen LogP contribution in [-0.2, 0) is 10.0 Å². The monoisotopic (exact) mass is 293 g/mol. The van der Waals surface area contributed by atoms with Gasteiger partial charge in [0.1, 0.15) is 16.7 Å². The van der Waals surface area contributed by atoms with Crippen molar-refractivity contribution < 1.29 is 8.42 Å². The number of rotatable bonds is 3. The molecule has 0 spiro atoms. The summed E-state index contributed by atoms with van der Waals surface area (Å²) in [5, 5.41) is 8.69. The molecule has 1 aliphatic rings. The predicted molar refractivity (Wildman–Crippen MR) is 75.3 cm³/mol. The zero-order valence-electron chi connectivity index (χ0n) is 11.8. The summed E-state index contributed by atoms with van der Waals surface area (Å²) in [5.74, 6) is 1.19. The maximum Gasteiger partial charge on any atom is 0.244 e. The Hall–Kier alpha value is -1.45. The van der Waals surface area contributed by atoms with Crippen molar-refractivity contribution in [3.8, 4) is 6.07 Å². The Bertz CT molecular complexity index is 594. The lowest BCUT2D eigenvalue weighted by atomic mass is 9.87. The number of piperidine rings is 1. The van der Waals surface area contributed by atoms with Crippen LogP contribution in [0.3, 0.4) is 0 Å². The fourth-order valence-electron chi connectivity index (χ4n) is 2.53. The third-order valence-corrected chi connectivity index (χ3v) is 5.81. The van der Waals surface area contributed by atoms with Gasteiger partial charge in [-0.2, -0.15) is 9.57 Å². The summed E-state index contributed by atoms with van der Waals surface area (Å²) in [7, 11) is -3.47. The molecule has 0 unspecified atom stereocenters. The maximum atomic E-state index is 12.5. The van der Waals surface area contributed by atoms with Crippen LogP contribution < -0.4 is 0 Å². The van der Waals surface area contributed by atoms with E-state index in [1.807, 2.05) is 6.07 Å². The van der Waals surface area contributed by atoms with Gasteiger partial charge in [-0.15, -0.1) is 0 Å². The second kappa shape index (κ2) is 5.90. The Morgan fingerprint density at radius 1 is 1.35 bits per heavy atom. The summed E-state index contributed by atoms with van der Waals surface area (Å²) < 4.78 is 26.5. The molecule has 5 nitrogen and oxygen atoms in total. The first-order chi connectivity index (χ1) is 9.45. The van der Waals surface area contributed by atoms with E-state index >= 15 is 0 Å². The SMILES string of the molecule is CC(C)C1CCN(S(=O)(=O)c2ccc(C#N)nc2)CC1. The molecule has 108 valence electrons. The second-order valence-corrected chi connectivity index (χ2v) is 7.41. The number of nitrogens with zero attached hydrogens (tertiary/aromatic N) is 3. The Balaban J connectivity index is 2.13. The van der Waals surface area contributed by atoms with Crippen molar-refractivity contribution >= 4 is 10.0 Å². The minimum atomic E-state index is -3.47. The number of aromatic nitrogens is 1. The highest BCUT2D eigenvalue weighted by atomic mass is 32.2. The molecule has 0 N–H and O–H groups in total. The molecule has 6 heteroatoms. The molecule has 0 aromatic carbocycles. The van der Waals surface area contributed by atoms with Crippen molar-refractivity contribution in [2.45, 2.75) is 31.6 Å². The van der Waals surface area contributed by atoms with Gasteiger partial charge in [-0.1, -0.05) is 13.8 Å². The maximum absolute atomic E-state index is 12.5. The lowest BCUT2D eigenvalue weighted by Crippen LogP contribution is -2.39. The van der Waals surface area contributed by atoms with Crippen LogP contribution >= 0.6 is 0 Å². The van der Waals surface area contributed by atoms with E-state index in [-0.39, 0.29) is 10.6 Å². The lowest BCUT2D eigenvalue weighted by Gasteiger charge is -2.33. The number of sulfonamides is 1. The van der Waals surface area contributed by atoms with E-state index in [4.69, 9.17) is 5.26 Å². The highest BCUT2D eigenvalue weighted by molar-refractivity contribution is 7.89. The first-order valence-electron chi connectivity index (χ1n) is 6.81. The van der Waals surface area contributed by atoms with Crippen LogP contribution in [0.25, 0.3) is 0 Å². The van der Waals surface area contributed by atoms with Gasteiger partial charge in [0.15, 0.2) is 0 Å². The molecule has 0 amide bonds. The molecule has 0 aliphatic carbocycles. The summed E-state index contributed by atoms with van der Waals surface area (Å²) in [6.07, 6.45) is 3.07. The van der Waals surface area contributed by atoms with E-state index in [0.717, 1.165) is 12.8 Å². The van der Waals surface area contributed by atoms with E-state index < -0.39 is 10.0 Å². The van der Waals surface area contributed by atoms with Gasteiger partial charge in [0.25, 0.3) is 0 Å². The molecule has 2 heterocycles. The fourth-order valence-corrected chi connectivity index (χ4v) is 3.95. The van der Waals surface area contributed by atoms with Crippen molar-refractivity contribution in [3.63, 3.8) is 0 Å². The highest BCUT2D eigenvalue weighted by Crippen LogP contribution is 2.27. The van der Waals surface area contributed by atoms with Crippen molar-refractivity contribution in [2.24, 2.45) is 11.8 Å². The molecule has 1 aromatic rings. The molecule has 2 rings (SSSR count). The van der Waals surface area contributed by atoms with Gasteiger partial charge >= 0.3 is 0 Å². The van der Waals surface area contributed by atoms with Gasteiger partial charge < -0.3 is 0 Å². The predicted octanol–water partition coefficient (Wildman–Crippen LogP) is 2.01. The Kier molecular flexibility index (Phi) is 4.41. The fraction of sp³-hybridized carbons (Fsp3) is 0.571. The van der Waals surface area contributed by atoms with Crippen molar-refractivity contribution in [1.29, 1.82) is 5.26 Å². The quantitative estimate of drug-likeness (QED) is 0.854. The van der Waals surface area contributed by atoms with Gasteiger partial charge in [-0.05, 0) is 36.8 Å². The van der Waals surface area contributed by atoms with Crippen LogP contribution in [0.15, 0.2) is 23.2 Å². The Labute approximate surface area is 120 Å². The Morgan fingerprint density at radius 3 is 2.45 bits per heavy atom. The van der Waals surface area contributed by atoms with Crippen LogP contribution in [0.2, 0.25) is 0 Å². The van der Waals surface area contributed by atoms with Crippen molar-refractivity contribution in [3.05, 3.63) is 24.0 Å². The number of hydrogen-bond donors (Lipinski definition) is 0. The average Bonchev–Trinajstić information content (AvgIpc) is 2.47. The molecule has 1 aliphatic heterocycles. The second-order valence-electron chi connectivity index (χ2n) is 5.48. The van der Waals surface area contributed by atoms with E-state index in [2.05, 4.69) is 18.8 Å². The van der Waals surface area contributed by atoms with Crippen molar-refractivity contribution in [1.82, 2.24) is 9.29 Å². The summed E-state index contributed by atoms with van der Waals surface area (Å²) in [5.41, 5.74) is 0.225. The molecule has 20 heavy (non-hydrogen) atoms. The molecule has 1 aromatic heterocycles. The molecule has 1 saturated heterocycles. The van der Waals surface area contributed by atoms with Crippen LogP contribution in [0.4, 0.5) is 0 Å². The zero-order valence-corrected chi connectivity index (χ0v) is 12.6. The summed E-state index contributed by atoms with van der Waals surface area (Å²) >= 11 is 0. The van der Waals surface area contributed by atoms with Gasteiger partial charge in [0.2, 0.25) is 10.0 Å². The normalized spacial score (nSPS) is 18.1. The van der Waals surface area contributed by atoms with Gasteiger partial charge in [0.05, 0.1) is 0 Å². The smallest absolute Gasteiger partial charge is 0.244 e. The average molecular weight is 293 g/mol. The van der Waals surface area contributed by atoms with E-state index in [1.165, 1.54) is 22.6 Å². The van der Waals surface area contributed by atoms with Crippen LogP contribution in [-0.4, -0.2) is 30.8 Å². The molecule has 0 bridgehead atoms. The summed E-state index contributed by atoms with van der Waals surface area (Å²) in [4.78, 5) is 4.00. The van der Waals surface area contributed by atoms with Crippen LogP contribution in [0, 0.1) is 23.2 Å². The van der Waals surface area contributed by atoms with Crippen LogP contribution in [0.5, 0.6) is 0 Å². The minimum Gasteiger partial charge on any atom is -0.244 e. The number of hydrogen-bond acceptors (Lipinski definition) is 4. The van der Waals surface area contributed by atoms with Gasteiger partial charge in [0, 0.05) is 19.3 Å². The van der Waals surface area contributed by atoms with E-state index in [0.29, 0.717) is 24.9 Å². The molecular weight excluding hydrogens is 274 g/mol. The number of nitriles is 1. The van der Waals surface area contributed by atoms with Crippen molar-refractivity contribution in [2.75, 3.05) is 13.1 Å². The highest BCUT2D eigenvalue weighted by Gasteiger charge is 2.30. The first kappa shape index (κ1) is 14.9. The largest absolute Gasteiger partial charge is 0.244 e. The van der Waals surface area contributed by atoms with E-state index in [9.17, 15) is 8.42 Å². The summed E-state index contributed by atoms with van der Waals surface area (Å²) in [6, 6.07) is 4.78. The minimum absolute atomic E-state index is 0.166. The topological polar surface area (TPSA) is 74.1 Å². The van der Waals surface area contributed by atoms with Gasteiger partial charge in [-0.25, -0.2) is 13.4 Å². The van der Waals surface area contributed by atoms with Crippen LogP contribution in [0.1, 0.15) is 32.4 Å².